The SMILES string of the molecule is CC(C)(C)c1ccc(OC(=O)C=Cc2ccccc2)c(C(C)(C)C)c1. The molecule has 2 aromatic rings. The number of carbonyl (C=O) groups excluding carboxylic acids is 1. The quantitative estimate of drug-likeness (QED) is 0.396. The number of ether oxygens (including phenoxy) is 1. The second kappa shape index (κ2) is 7.26. The molecule has 25 heavy (non-hydrogen) atoms. The topological polar surface area (TPSA) is 26.3 Å². The van der Waals surface area contributed by atoms with Gasteiger partial charge >= 0.3 is 5.97 Å². The van der Waals surface area contributed by atoms with Gasteiger partial charge in [-0.1, -0.05) is 84.0 Å². The summed E-state index contributed by atoms with van der Waals surface area (Å²) in [5.41, 5.74) is 3.19. The van der Waals surface area contributed by atoms with Gasteiger partial charge < -0.3 is 4.74 Å². The van der Waals surface area contributed by atoms with Gasteiger partial charge in [0.1, 0.15) is 5.75 Å². The molecule has 0 heterocycles. The van der Waals surface area contributed by atoms with Gasteiger partial charge in [0.25, 0.3) is 0 Å². The molecule has 2 nitrogen and oxygen atoms in total. The third-order valence-electron chi connectivity index (χ3n) is 4.08. The van der Waals surface area contributed by atoms with Crippen LogP contribution in [0.4, 0.5) is 0 Å². The first-order chi connectivity index (χ1) is 11.6. The fourth-order valence-corrected chi connectivity index (χ4v) is 2.54. The van der Waals surface area contributed by atoms with E-state index in [1.165, 1.54) is 11.6 Å². The van der Waals surface area contributed by atoms with E-state index in [0.29, 0.717) is 5.75 Å². The Hall–Kier alpha value is -2.35. The van der Waals surface area contributed by atoms with Crippen molar-refractivity contribution in [2.24, 2.45) is 0 Å². The number of hydrogen-bond donors (Lipinski definition) is 0. The van der Waals surface area contributed by atoms with Gasteiger partial charge in [0.05, 0.1) is 0 Å². The van der Waals surface area contributed by atoms with E-state index in [9.17, 15) is 4.79 Å². The molecular formula is C23H28O2. The number of benzene rings is 2. The van der Waals surface area contributed by atoms with E-state index >= 15 is 0 Å². The van der Waals surface area contributed by atoms with E-state index in [1.807, 2.05) is 42.5 Å². The molecule has 0 N–H and O–H groups in total. The normalized spacial score (nSPS) is 12.4. The number of rotatable bonds is 3. The number of carbonyl (C=O) groups is 1. The molecular weight excluding hydrogens is 308 g/mol. The smallest absolute Gasteiger partial charge is 0.336 e. The lowest BCUT2D eigenvalue weighted by Gasteiger charge is -2.26. The van der Waals surface area contributed by atoms with Gasteiger partial charge in [-0.3, -0.25) is 0 Å². The molecule has 0 bridgehead atoms. The minimum absolute atomic E-state index is 0.0513. The summed E-state index contributed by atoms with van der Waals surface area (Å²) in [4.78, 5) is 12.2. The van der Waals surface area contributed by atoms with Crippen LogP contribution in [0.2, 0.25) is 0 Å². The van der Waals surface area contributed by atoms with Gasteiger partial charge in [0, 0.05) is 11.6 Å². The van der Waals surface area contributed by atoms with Crippen molar-refractivity contribution in [3.63, 3.8) is 0 Å². The minimum Gasteiger partial charge on any atom is -0.423 e. The molecule has 0 atom stereocenters. The number of esters is 1. The summed E-state index contributed by atoms with van der Waals surface area (Å²) in [5.74, 6) is 0.265. The molecule has 2 aromatic carbocycles. The average Bonchev–Trinajstić information content (AvgIpc) is 2.52. The summed E-state index contributed by atoms with van der Waals surface area (Å²) in [6.45, 7) is 12.9. The van der Waals surface area contributed by atoms with Crippen LogP contribution >= 0.6 is 0 Å². The zero-order chi connectivity index (χ0) is 18.7. The summed E-state index contributed by atoms with van der Waals surface area (Å²) >= 11 is 0. The fourth-order valence-electron chi connectivity index (χ4n) is 2.54. The molecule has 132 valence electrons. The molecule has 0 amide bonds. The molecule has 2 heteroatoms. The molecule has 0 aliphatic carbocycles. The van der Waals surface area contributed by atoms with Crippen molar-refractivity contribution >= 4 is 12.0 Å². The van der Waals surface area contributed by atoms with Crippen molar-refractivity contribution in [1.82, 2.24) is 0 Å². The molecule has 0 unspecified atom stereocenters. The van der Waals surface area contributed by atoms with Crippen LogP contribution in [0, 0.1) is 0 Å². The van der Waals surface area contributed by atoms with Crippen molar-refractivity contribution in [2.75, 3.05) is 0 Å². The lowest BCUT2D eigenvalue weighted by atomic mass is 9.80. The second-order valence-corrected chi connectivity index (χ2v) is 8.38. The van der Waals surface area contributed by atoms with E-state index in [0.717, 1.165) is 11.1 Å². The first kappa shape index (κ1) is 19.0. The fraction of sp³-hybridized carbons (Fsp3) is 0.348. The predicted molar refractivity (Wildman–Crippen MR) is 105 cm³/mol. The largest absolute Gasteiger partial charge is 0.423 e. The maximum absolute atomic E-state index is 12.2. The van der Waals surface area contributed by atoms with Crippen molar-refractivity contribution in [2.45, 2.75) is 52.4 Å². The Labute approximate surface area is 151 Å². The van der Waals surface area contributed by atoms with Crippen LogP contribution in [0.15, 0.2) is 54.6 Å². The van der Waals surface area contributed by atoms with E-state index < -0.39 is 0 Å². The highest BCUT2D eigenvalue weighted by Crippen LogP contribution is 2.35. The molecule has 0 aliphatic heterocycles. The Morgan fingerprint density at radius 3 is 2.08 bits per heavy atom. The van der Waals surface area contributed by atoms with Crippen LogP contribution in [-0.2, 0) is 15.6 Å². The molecule has 0 aromatic heterocycles. The van der Waals surface area contributed by atoms with E-state index in [-0.39, 0.29) is 16.8 Å². The van der Waals surface area contributed by atoms with Crippen molar-refractivity contribution in [3.8, 4) is 5.75 Å². The van der Waals surface area contributed by atoms with Crippen molar-refractivity contribution in [1.29, 1.82) is 0 Å². The Kier molecular flexibility index (Phi) is 5.52. The highest BCUT2D eigenvalue weighted by Gasteiger charge is 2.23. The van der Waals surface area contributed by atoms with E-state index in [1.54, 1.807) is 6.08 Å². The Morgan fingerprint density at radius 2 is 1.52 bits per heavy atom. The molecule has 0 saturated carbocycles. The number of hydrogen-bond acceptors (Lipinski definition) is 2. The summed E-state index contributed by atoms with van der Waals surface area (Å²) in [6, 6.07) is 15.8. The second-order valence-electron chi connectivity index (χ2n) is 8.38. The van der Waals surface area contributed by atoms with Crippen LogP contribution in [0.3, 0.4) is 0 Å². The van der Waals surface area contributed by atoms with Gasteiger partial charge in [-0.15, -0.1) is 0 Å². The van der Waals surface area contributed by atoms with Gasteiger partial charge in [-0.05, 0) is 34.1 Å². The average molecular weight is 336 g/mol. The summed E-state index contributed by atoms with van der Waals surface area (Å²) < 4.78 is 5.64. The van der Waals surface area contributed by atoms with E-state index in [4.69, 9.17) is 4.74 Å². The summed E-state index contributed by atoms with van der Waals surface area (Å²) in [6.07, 6.45) is 3.24. The monoisotopic (exact) mass is 336 g/mol. The third kappa shape index (κ3) is 5.32. The van der Waals surface area contributed by atoms with Gasteiger partial charge in [-0.2, -0.15) is 0 Å². The van der Waals surface area contributed by atoms with Crippen LogP contribution in [0.1, 0.15) is 58.2 Å². The maximum Gasteiger partial charge on any atom is 0.336 e. The van der Waals surface area contributed by atoms with Crippen molar-refractivity contribution < 1.29 is 9.53 Å². The third-order valence-corrected chi connectivity index (χ3v) is 4.08. The van der Waals surface area contributed by atoms with E-state index in [2.05, 4.69) is 47.6 Å². The highest BCUT2D eigenvalue weighted by molar-refractivity contribution is 5.88. The first-order valence-corrected chi connectivity index (χ1v) is 8.67. The molecule has 0 saturated heterocycles. The van der Waals surface area contributed by atoms with Crippen LogP contribution < -0.4 is 4.74 Å². The molecule has 0 aliphatic rings. The lowest BCUT2D eigenvalue weighted by Crippen LogP contribution is -2.18. The van der Waals surface area contributed by atoms with Gasteiger partial charge in [0.2, 0.25) is 0 Å². The Morgan fingerprint density at radius 1 is 0.880 bits per heavy atom. The Balaban J connectivity index is 2.26. The Bertz CT molecular complexity index is 757. The predicted octanol–water partition coefficient (Wildman–Crippen LogP) is 5.90. The van der Waals surface area contributed by atoms with Gasteiger partial charge in [0.15, 0.2) is 0 Å². The zero-order valence-corrected chi connectivity index (χ0v) is 16.1. The summed E-state index contributed by atoms with van der Waals surface area (Å²) in [7, 11) is 0. The van der Waals surface area contributed by atoms with Crippen LogP contribution in [-0.4, -0.2) is 5.97 Å². The maximum atomic E-state index is 12.2. The summed E-state index contributed by atoms with van der Waals surface area (Å²) in [5, 5.41) is 0. The van der Waals surface area contributed by atoms with Crippen LogP contribution in [0.25, 0.3) is 6.08 Å². The molecule has 0 radical (unpaired) electrons. The highest BCUT2D eigenvalue weighted by atomic mass is 16.5. The van der Waals surface area contributed by atoms with Gasteiger partial charge in [-0.25, -0.2) is 4.79 Å². The zero-order valence-electron chi connectivity index (χ0n) is 16.1. The van der Waals surface area contributed by atoms with Crippen LogP contribution in [0.5, 0.6) is 5.75 Å². The standard InChI is InChI=1S/C23H28O2/c1-22(2,3)18-13-14-20(19(16-18)23(4,5)6)25-21(24)15-12-17-10-8-7-9-11-17/h7-16H,1-6H3. The van der Waals surface area contributed by atoms with Crippen molar-refractivity contribution in [3.05, 3.63) is 71.3 Å². The lowest BCUT2D eigenvalue weighted by molar-refractivity contribution is -0.128. The molecule has 0 spiro atoms. The molecule has 2 rings (SSSR count). The molecule has 0 fully saturated rings. The first-order valence-electron chi connectivity index (χ1n) is 8.67. The minimum atomic E-state index is -0.363.